The van der Waals surface area contributed by atoms with Gasteiger partial charge in [0, 0.05) is 0 Å². The summed E-state index contributed by atoms with van der Waals surface area (Å²) in [6.45, 7) is 10.1. The van der Waals surface area contributed by atoms with Crippen LogP contribution in [0.4, 0.5) is 15.0 Å². The molecule has 3 N–H and O–H groups in total. The minimum atomic E-state index is -0.912. The number of primary amides is 1. The highest BCUT2D eigenvalue weighted by Gasteiger charge is 2.35. The number of anilines is 1. The van der Waals surface area contributed by atoms with Crippen LogP contribution in [0.15, 0.2) is 6.07 Å². The molecule has 6 nitrogen and oxygen atoms in total. The second kappa shape index (κ2) is 7.87. The number of carbonyl (C=O) groups excluding carboxylic acids is 1. The summed E-state index contributed by atoms with van der Waals surface area (Å²) in [5.41, 5.74) is 4.61. The average molecular weight is 371 g/mol. The van der Waals surface area contributed by atoms with Crippen molar-refractivity contribution in [1.82, 2.24) is 4.98 Å². The van der Waals surface area contributed by atoms with Gasteiger partial charge >= 0.3 is 6.09 Å². The van der Waals surface area contributed by atoms with Crippen LogP contribution < -0.4 is 11.1 Å². The molecule has 0 radical (unpaired) electrons. The molecule has 0 saturated heterocycles. The number of nitriles is 1. The highest BCUT2D eigenvalue weighted by Crippen LogP contribution is 2.37. The van der Waals surface area contributed by atoms with Crippen LogP contribution in [-0.2, 0) is 4.74 Å². The lowest BCUT2D eigenvalue weighted by Gasteiger charge is -2.39. The molecule has 0 saturated carbocycles. The molecular weight excluding hydrogens is 347 g/mol. The minimum Gasteiger partial charge on any atom is -0.448 e. The molecule has 0 aliphatic heterocycles. The van der Waals surface area contributed by atoms with E-state index in [4.69, 9.17) is 27.3 Å². The molecule has 1 heterocycles. The summed E-state index contributed by atoms with van der Waals surface area (Å²) in [7, 11) is 0. The second-order valence-corrected chi connectivity index (χ2v) is 8.18. The van der Waals surface area contributed by atoms with Crippen LogP contribution in [0.5, 0.6) is 0 Å². The highest BCUT2D eigenvalue weighted by atomic mass is 35.5. The van der Waals surface area contributed by atoms with Gasteiger partial charge in [-0.2, -0.15) is 5.26 Å². The summed E-state index contributed by atoms with van der Waals surface area (Å²) < 4.78 is 19.2. The summed E-state index contributed by atoms with van der Waals surface area (Å²) in [6.07, 6.45) is -0.157. The average Bonchev–Trinajstić information content (AvgIpc) is 2.43. The number of pyridine rings is 1. The fraction of sp³-hybridized carbons (Fsp3) is 0.588. The largest absolute Gasteiger partial charge is 0.448 e. The van der Waals surface area contributed by atoms with Crippen molar-refractivity contribution in [1.29, 1.82) is 5.26 Å². The van der Waals surface area contributed by atoms with Crippen molar-refractivity contribution in [3.05, 3.63) is 22.6 Å². The first-order chi connectivity index (χ1) is 11.4. The Hall–Kier alpha value is -2.07. The van der Waals surface area contributed by atoms with E-state index in [2.05, 4.69) is 31.1 Å². The zero-order valence-electron chi connectivity index (χ0n) is 15.1. The van der Waals surface area contributed by atoms with E-state index < -0.39 is 18.0 Å². The van der Waals surface area contributed by atoms with Gasteiger partial charge in [-0.15, -0.1) is 0 Å². The van der Waals surface area contributed by atoms with Crippen LogP contribution in [0.1, 0.15) is 46.6 Å². The van der Waals surface area contributed by atoms with E-state index in [1.165, 1.54) is 0 Å². The Balaban J connectivity index is 3.15. The van der Waals surface area contributed by atoms with Crippen molar-refractivity contribution in [2.24, 2.45) is 16.6 Å². The van der Waals surface area contributed by atoms with Gasteiger partial charge in [-0.25, -0.2) is 14.2 Å². The molecule has 1 aromatic heterocycles. The first kappa shape index (κ1) is 21.0. The molecule has 138 valence electrons. The van der Waals surface area contributed by atoms with Crippen LogP contribution >= 0.6 is 11.6 Å². The van der Waals surface area contributed by atoms with Gasteiger partial charge in [-0.05, 0) is 23.3 Å². The van der Waals surface area contributed by atoms with Crippen molar-refractivity contribution in [3.63, 3.8) is 0 Å². The van der Waals surface area contributed by atoms with Gasteiger partial charge in [0.15, 0.2) is 11.6 Å². The van der Waals surface area contributed by atoms with Gasteiger partial charge in [-0.1, -0.05) is 46.2 Å². The van der Waals surface area contributed by atoms with Crippen molar-refractivity contribution in [2.75, 3.05) is 11.9 Å². The van der Waals surface area contributed by atoms with Crippen LogP contribution in [0.3, 0.4) is 0 Å². The molecule has 0 bridgehead atoms. The molecule has 1 unspecified atom stereocenters. The van der Waals surface area contributed by atoms with Gasteiger partial charge in [0.2, 0.25) is 0 Å². The molecule has 0 aliphatic rings. The van der Waals surface area contributed by atoms with Crippen LogP contribution in [0, 0.1) is 28.0 Å². The molecule has 1 aromatic rings. The number of aromatic nitrogens is 1. The smallest absolute Gasteiger partial charge is 0.404 e. The fourth-order valence-electron chi connectivity index (χ4n) is 2.93. The Morgan fingerprint density at radius 2 is 2.08 bits per heavy atom. The van der Waals surface area contributed by atoms with Crippen LogP contribution in [0.2, 0.25) is 5.15 Å². The maximum atomic E-state index is 14.2. The third-order valence-electron chi connectivity index (χ3n) is 3.68. The number of halogens is 2. The molecule has 0 fully saturated rings. The van der Waals surface area contributed by atoms with E-state index in [-0.39, 0.29) is 34.0 Å². The zero-order chi connectivity index (χ0) is 19.4. The van der Waals surface area contributed by atoms with E-state index in [1.807, 2.05) is 13.8 Å². The molecule has 1 atom stereocenters. The van der Waals surface area contributed by atoms with E-state index in [1.54, 1.807) is 6.07 Å². The summed E-state index contributed by atoms with van der Waals surface area (Å²) >= 11 is 5.89. The number of hydrogen-bond donors (Lipinski definition) is 2. The number of ether oxygens (including phenoxy) is 1. The SMILES string of the molecule is CC(C)(C)CC(C)(C)C(COC(N)=O)Nc1nc(Cl)c(C#N)cc1F. The lowest BCUT2D eigenvalue weighted by Crippen LogP contribution is -2.43. The lowest BCUT2D eigenvalue weighted by atomic mass is 9.72. The van der Waals surface area contributed by atoms with E-state index in [0.29, 0.717) is 0 Å². The summed E-state index contributed by atoms with van der Waals surface area (Å²) in [5, 5.41) is 11.7. The molecule has 25 heavy (non-hydrogen) atoms. The summed E-state index contributed by atoms with van der Waals surface area (Å²) in [5.74, 6) is -0.819. The maximum Gasteiger partial charge on any atom is 0.404 e. The highest BCUT2D eigenvalue weighted by molar-refractivity contribution is 6.30. The van der Waals surface area contributed by atoms with E-state index >= 15 is 0 Å². The normalized spacial score (nSPS) is 13.0. The predicted octanol–water partition coefficient (Wildman–Crippen LogP) is 4.08. The molecule has 8 heteroatoms. The van der Waals surface area contributed by atoms with E-state index in [0.717, 1.165) is 12.5 Å². The quantitative estimate of drug-likeness (QED) is 0.734. The standard InChI is InChI=1S/C17H24ClFN4O2/c1-16(2,3)9-17(4,5)12(8-25-15(21)24)22-14-11(19)6-10(7-20)13(18)23-14/h6,12H,8-9H2,1-5H3,(H2,21,24)(H,22,23). The second-order valence-electron chi connectivity index (χ2n) is 7.82. The predicted molar refractivity (Wildman–Crippen MR) is 94.7 cm³/mol. The van der Waals surface area contributed by atoms with Gasteiger partial charge in [0.25, 0.3) is 0 Å². The fourth-order valence-corrected chi connectivity index (χ4v) is 3.11. The Kier molecular flexibility index (Phi) is 6.61. The first-order valence-corrected chi connectivity index (χ1v) is 8.18. The van der Waals surface area contributed by atoms with Gasteiger partial charge in [-0.3, -0.25) is 0 Å². The molecule has 0 spiro atoms. The van der Waals surface area contributed by atoms with E-state index in [9.17, 15) is 9.18 Å². The molecule has 0 aromatic carbocycles. The van der Waals surface area contributed by atoms with Crippen LogP contribution in [0.25, 0.3) is 0 Å². The summed E-state index contributed by atoms with van der Waals surface area (Å²) in [6, 6.07) is 2.32. The van der Waals surface area contributed by atoms with Gasteiger partial charge in [0.1, 0.15) is 17.8 Å². The third-order valence-corrected chi connectivity index (χ3v) is 3.97. The van der Waals surface area contributed by atoms with Crippen molar-refractivity contribution < 1.29 is 13.9 Å². The first-order valence-electron chi connectivity index (χ1n) is 7.80. The third kappa shape index (κ3) is 6.39. The van der Waals surface area contributed by atoms with Gasteiger partial charge in [0.05, 0.1) is 11.6 Å². The molecule has 1 amide bonds. The number of amides is 1. The molecule has 0 aliphatic carbocycles. The number of nitrogens with zero attached hydrogens (tertiary/aromatic N) is 2. The van der Waals surface area contributed by atoms with Crippen molar-refractivity contribution in [2.45, 2.75) is 47.1 Å². The molecular formula is C17H24ClFN4O2. The molecule has 1 rings (SSSR count). The Bertz CT molecular complexity index is 680. The Labute approximate surface area is 152 Å². The van der Waals surface area contributed by atoms with Crippen LogP contribution in [-0.4, -0.2) is 23.7 Å². The minimum absolute atomic E-state index is 0.00949. The topological polar surface area (TPSA) is 101 Å². The zero-order valence-corrected chi connectivity index (χ0v) is 15.9. The number of rotatable bonds is 6. The van der Waals surface area contributed by atoms with Crippen molar-refractivity contribution >= 4 is 23.5 Å². The number of carbonyl (C=O) groups is 1. The van der Waals surface area contributed by atoms with Gasteiger partial charge < -0.3 is 15.8 Å². The summed E-state index contributed by atoms with van der Waals surface area (Å²) in [4.78, 5) is 14.9. The number of hydrogen-bond acceptors (Lipinski definition) is 5. The monoisotopic (exact) mass is 370 g/mol. The maximum absolute atomic E-state index is 14.2. The number of nitrogens with one attached hydrogen (secondary N) is 1. The Morgan fingerprint density at radius 3 is 2.56 bits per heavy atom. The van der Waals surface area contributed by atoms with Crippen molar-refractivity contribution in [3.8, 4) is 6.07 Å². The number of nitrogens with two attached hydrogens (primary N) is 1. The Morgan fingerprint density at radius 1 is 1.48 bits per heavy atom. The lowest BCUT2D eigenvalue weighted by molar-refractivity contribution is 0.108.